The van der Waals surface area contributed by atoms with Crippen molar-refractivity contribution < 1.29 is 14.3 Å². The Kier molecular flexibility index (Phi) is 4.99. The Balaban J connectivity index is 1.65. The van der Waals surface area contributed by atoms with Crippen LogP contribution < -0.4 is 0 Å². The molecule has 0 aliphatic heterocycles. The van der Waals surface area contributed by atoms with Crippen LogP contribution in [0.3, 0.4) is 0 Å². The largest absolute Gasteiger partial charge is 0.453 e. The normalized spacial score (nSPS) is 10.8. The monoisotopic (exact) mass is 356 g/mol. The Bertz CT molecular complexity index is 870. The molecule has 0 atom stereocenters. The minimum Gasteiger partial charge on any atom is -0.453 e. The van der Waals surface area contributed by atoms with Gasteiger partial charge in [0.15, 0.2) is 12.4 Å². The van der Waals surface area contributed by atoms with Crippen LogP contribution in [0.4, 0.5) is 0 Å². The smallest absolute Gasteiger partial charge is 0.351 e. The number of ether oxygens (including phenoxy) is 1. The number of hydrogen-bond donors (Lipinski definition) is 0. The summed E-state index contributed by atoms with van der Waals surface area (Å²) in [5.74, 6) is -0.428. The van der Waals surface area contributed by atoms with Gasteiger partial charge in [0.1, 0.15) is 11.2 Å². The Labute approximate surface area is 148 Å². The van der Waals surface area contributed by atoms with E-state index in [9.17, 15) is 9.59 Å². The zero-order valence-corrected chi connectivity index (χ0v) is 14.6. The number of nitrogens with zero attached hydrogens (tertiary/aromatic N) is 4. The topological polar surface area (TPSA) is 87.0 Å². The molecule has 8 heteroatoms. The highest BCUT2D eigenvalue weighted by atomic mass is 32.1. The van der Waals surface area contributed by atoms with Gasteiger partial charge in [-0.15, -0.1) is 16.4 Å². The summed E-state index contributed by atoms with van der Waals surface area (Å²) in [7, 11) is 0. The molecule has 3 rings (SSSR count). The number of carbonyl (C=O) groups is 2. The number of rotatable bonds is 6. The van der Waals surface area contributed by atoms with Gasteiger partial charge in [-0.05, 0) is 33.4 Å². The molecule has 0 N–H and O–H groups in total. The summed E-state index contributed by atoms with van der Waals surface area (Å²) in [5, 5.41) is 12.6. The standard InChI is InChI=1S/C17H16N4O3S/c1-11(2)12-3-5-13(6-4-12)15(22)9-24-17(23)16-14(7-8-25-16)21-10-18-19-20-21/h3-8,10-11H,9H2,1-2H3. The molecular formula is C17H16N4O3S. The van der Waals surface area contributed by atoms with Crippen molar-refractivity contribution in [3.05, 3.63) is 58.0 Å². The van der Waals surface area contributed by atoms with E-state index >= 15 is 0 Å². The van der Waals surface area contributed by atoms with E-state index in [1.807, 2.05) is 12.1 Å². The number of esters is 1. The van der Waals surface area contributed by atoms with E-state index in [2.05, 4.69) is 29.4 Å². The Morgan fingerprint density at radius 2 is 1.96 bits per heavy atom. The molecule has 3 aromatic rings. The summed E-state index contributed by atoms with van der Waals surface area (Å²) < 4.78 is 6.53. The van der Waals surface area contributed by atoms with Gasteiger partial charge in [-0.1, -0.05) is 38.1 Å². The summed E-state index contributed by atoms with van der Waals surface area (Å²) in [6, 6.07) is 9.04. The molecule has 0 amide bonds. The fourth-order valence-electron chi connectivity index (χ4n) is 2.24. The molecule has 0 aliphatic rings. The summed E-state index contributed by atoms with van der Waals surface area (Å²) in [4.78, 5) is 24.8. The number of ketones is 1. The second kappa shape index (κ2) is 7.35. The molecule has 128 valence electrons. The van der Waals surface area contributed by atoms with Crippen molar-refractivity contribution in [2.45, 2.75) is 19.8 Å². The van der Waals surface area contributed by atoms with Crippen molar-refractivity contribution in [1.82, 2.24) is 20.2 Å². The van der Waals surface area contributed by atoms with E-state index < -0.39 is 5.97 Å². The predicted octanol–water partition coefficient (Wildman–Crippen LogP) is 2.89. The molecule has 0 saturated carbocycles. The number of benzene rings is 1. The molecule has 1 aromatic carbocycles. The lowest BCUT2D eigenvalue weighted by molar-refractivity contribution is 0.0479. The molecule has 25 heavy (non-hydrogen) atoms. The van der Waals surface area contributed by atoms with Gasteiger partial charge >= 0.3 is 5.97 Å². The molecule has 0 aliphatic carbocycles. The second-order valence-electron chi connectivity index (χ2n) is 5.67. The van der Waals surface area contributed by atoms with E-state index in [0.717, 1.165) is 5.56 Å². The maximum atomic E-state index is 12.3. The molecule has 0 radical (unpaired) electrons. The highest BCUT2D eigenvalue weighted by Gasteiger charge is 2.18. The minimum atomic E-state index is -0.576. The molecule has 2 heterocycles. The summed E-state index contributed by atoms with van der Waals surface area (Å²) >= 11 is 1.21. The van der Waals surface area contributed by atoms with Crippen molar-refractivity contribution in [3.63, 3.8) is 0 Å². The third-order valence-corrected chi connectivity index (χ3v) is 4.54. The van der Waals surface area contributed by atoms with Gasteiger partial charge in [0.25, 0.3) is 0 Å². The Morgan fingerprint density at radius 3 is 2.60 bits per heavy atom. The van der Waals surface area contributed by atoms with Crippen LogP contribution in [0.1, 0.15) is 45.4 Å². The highest BCUT2D eigenvalue weighted by Crippen LogP contribution is 2.21. The fraction of sp³-hybridized carbons (Fsp3) is 0.235. The van der Waals surface area contributed by atoms with Crippen molar-refractivity contribution in [1.29, 1.82) is 0 Å². The predicted molar refractivity (Wildman–Crippen MR) is 92.2 cm³/mol. The first-order valence-corrected chi connectivity index (χ1v) is 8.55. The third-order valence-electron chi connectivity index (χ3n) is 3.66. The quantitative estimate of drug-likeness (QED) is 0.498. The first-order valence-electron chi connectivity index (χ1n) is 7.67. The summed E-state index contributed by atoms with van der Waals surface area (Å²) in [6.07, 6.45) is 1.39. The Hall–Kier alpha value is -2.87. The van der Waals surface area contributed by atoms with Crippen LogP contribution >= 0.6 is 11.3 Å². The molecule has 7 nitrogen and oxygen atoms in total. The van der Waals surface area contributed by atoms with Crippen LogP contribution in [0.5, 0.6) is 0 Å². The van der Waals surface area contributed by atoms with Gasteiger partial charge in [-0.3, -0.25) is 4.79 Å². The zero-order valence-electron chi connectivity index (χ0n) is 13.7. The summed E-state index contributed by atoms with van der Waals surface area (Å²) in [5.41, 5.74) is 2.19. The van der Waals surface area contributed by atoms with Crippen LogP contribution in [0.2, 0.25) is 0 Å². The van der Waals surface area contributed by atoms with Crippen molar-refractivity contribution in [2.75, 3.05) is 6.61 Å². The molecule has 0 bridgehead atoms. The molecule has 0 saturated heterocycles. The molecule has 0 spiro atoms. The van der Waals surface area contributed by atoms with Crippen molar-refractivity contribution in [2.24, 2.45) is 0 Å². The van der Waals surface area contributed by atoms with Gasteiger partial charge in [0.2, 0.25) is 0 Å². The van der Waals surface area contributed by atoms with Gasteiger partial charge in [0.05, 0.1) is 5.69 Å². The van der Waals surface area contributed by atoms with E-state index in [1.165, 1.54) is 22.3 Å². The maximum absolute atomic E-state index is 12.3. The first-order chi connectivity index (χ1) is 12.1. The SMILES string of the molecule is CC(C)c1ccc(C(=O)COC(=O)c2sccc2-n2cnnn2)cc1. The number of hydrogen-bond acceptors (Lipinski definition) is 7. The van der Waals surface area contributed by atoms with E-state index in [0.29, 0.717) is 22.0 Å². The molecular weight excluding hydrogens is 340 g/mol. The van der Waals surface area contributed by atoms with E-state index in [-0.39, 0.29) is 12.4 Å². The average Bonchev–Trinajstić information content (AvgIpc) is 3.30. The summed E-state index contributed by atoms with van der Waals surface area (Å²) in [6.45, 7) is 3.86. The first kappa shape index (κ1) is 17.0. The lowest BCUT2D eigenvalue weighted by Crippen LogP contribution is -2.15. The van der Waals surface area contributed by atoms with Crippen LogP contribution in [0.15, 0.2) is 42.0 Å². The minimum absolute atomic E-state index is 0.246. The molecule has 0 fully saturated rings. The number of thiophene rings is 1. The highest BCUT2D eigenvalue weighted by molar-refractivity contribution is 7.12. The van der Waals surface area contributed by atoms with Gasteiger partial charge in [-0.25, -0.2) is 4.79 Å². The van der Waals surface area contributed by atoms with Crippen LogP contribution in [-0.4, -0.2) is 38.6 Å². The molecule has 0 unspecified atom stereocenters. The van der Waals surface area contributed by atoms with Gasteiger partial charge in [0, 0.05) is 5.56 Å². The van der Waals surface area contributed by atoms with Crippen LogP contribution in [-0.2, 0) is 4.74 Å². The number of tetrazole rings is 1. The van der Waals surface area contributed by atoms with Crippen LogP contribution in [0.25, 0.3) is 5.69 Å². The Morgan fingerprint density at radius 1 is 1.20 bits per heavy atom. The number of Topliss-reactive ketones (excluding diaryl/α,β-unsaturated/α-hetero) is 1. The number of carbonyl (C=O) groups excluding carboxylic acids is 2. The van der Waals surface area contributed by atoms with Crippen LogP contribution in [0, 0.1) is 0 Å². The van der Waals surface area contributed by atoms with Gasteiger partial charge < -0.3 is 4.74 Å². The lowest BCUT2D eigenvalue weighted by Gasteiger charge is -2.07. The lowest BCUT2D eigenvalue weighted by atomic mass is 10.0. The van der Waals surface area contributed by atoms with Crippen molar-refractivity contribution in [3.8, 4) is 5.69 Å². The van der Waals surface area contributed by atoms with Crippen molar-refractivity contribution >= 4 is 23.1 Å². The molecule has 2 aromatic heterocycles. The second-order valence-corrected chi connectivity index (χ2v) is 6.58. The van der Waals surface area contributed by atoms with Gasteiger partial charge in [-0.2, -0.15) is 4.68 Å². The third kappa shape index (κ3) is 3.80. The maximum Gasteiger partial charge on any atom is 0.351 e. The van der Waals surface area contributed by atoms with E-state index in [4.69, 9.17) is 4.74 Å². The van der Waals surface area contributed by atoms with E-state index in [1.54, 1.807) is 23.6 Å². The zero-order chi connectivity index (χ0) is 17.8. The fourth-order valence-corrected chi connectivity index (χ4v) is 3.01. The number of aromatic nitrogens is 4. The average molecular weight is 356 g/mol.